The Morgan fingerprint density at radius 2 is 1.81 bits per heavy atom. The van der Waals surface area contributed by atoms with Gasteiger partial charge in [-0.1, -0.05) is 36.4 Å². The van der Waals surface area contributed by atoms with E-state index in [4.69, 9.17) is 9.72 Å². The average molecular weight is 427 g/mol. The van der Waals surface area contributed by atoms with Crippen molar-refractivity contribution >= 4 is 28.3 Å². The predicted molar refractivity (Wildman–Crippen MR) is 127 cm³/mol. The van der Waals surface area contributed by atoms with E-state index in [2.05, 4.69) is 39.0 Å². The van der Waals surface area contributed by atoms with Gasteiger partial charge in [-0.2, -0.15) is 0 Å². The van der Waals surface area contributed by atoms with Gasteiger partial charge in [-0.3, -0.25) is 4.79 Å². The summed E-state index contributed by atoms with van der Waals surface area (Å²) in [4.78, 5) is 19.7. The molecule has 4 aromatic rings. The maximum atomic E-state index is 12.5. The largest absolute Gasteiger partial charge is 0.483 e. The van der Waals surface area contributed by atoms with E-state index in [-0.39, 0.29) is 12.5 Å². The number of hydrogen-bond donors (Lipinski definition) is 1. The molecule has 162 valence electrons. The van der Waals surface area contributed by atoms with Crippen molar-refractivity contribution in [3.05, 3.63) is 83.7 Å². The van der Waals surface area contributed by atoms with Crippen LogP contribution in [0.15, 0.2) is 66.7 Å². The van der Waals surface area contributed by atoms with Gasteiger partial charge in [0, 0.05) is 24.5 Å². The van der Waals surface area contributed by atoms with E-state index in [9.17, 15) is 4.79 Å². The van der Waals surface area contributed by atoms with Gasteiger partial charge in [0.15, 0.2) is 6.61 Å². The normalized spacial score (nSPS) is 13.1. The van der Waals surface area contributed by atoms with Gasteiger partial charge in [0.2, 0.25) is 0 Å². The minimum absolute atomic E-state index is 0.0255. The van der Waals surface area contributed by atoms with Gasteiger partial charge in [0.1, 0.15) is 11.6 Å². The van der Waals surface area contributed by atoms with Crippen LogP contribution in [0.5, 0.6) is 5.75 Å². The molecule has 0 unspecified atom stereocenters. The standard InChI is InChI=1S/C26H26N4O2/c1-18-11-12-20(15-22(18)28-26(31)17-32-24-10-6-3-7-19(24)2)29-13-14-30-23-9-5-4-8-21(23)27-25(30)16-29/h3-12,15H,13-14,16-17H2,1-2H3,(H,28,31). The number of fused-ring (bicyclic) bond motifs is 3. The van der Waals surface area contributed by atoms with Gasteiger partial charge in [-0.25, -0.2) is 4.98 Å². The van der Waals surface area contributed by atoms with Crippen molar-refractivity contribution in [2.75, 3.05) is 23.4 Å². The first-order valence-electron chi connectivity index (χ1n) is 10.9. The van der Waals surface area contributed by atoms with Gasteiger partial charge in [-0.15, -0.1) is 0 Å². The Kier molecular flexibility index (Phi) is 5.27. The summed E-state index contributed by atoms with van der Waals surface area (Å²) in [5.74, 6) is 1.62. The molecule has 0 fully saturated rings. The number of imidazole rings is 1. The minimum Gasteiger partial charge on any atom is -0.483 e. The number of aromatic nitrogens is 2. The summed E-state index contributed by atoms with van der Waals surface area (Å²) in [6.07, 6.45) is 0. The number of carbonyl (C=O) groups is 1. The lowest BCUT2D eigenvalue weighted by Gasteiger charge is -2.30. The topological polar surface area (TPSA) is 59.4 Å². The first-order chi connectivity index (χ1) is 15.6. The van der Waals surface area contributed by atoms with Crippen LogP contribution in [0.1, 0.15) is 17.0 Å². The fourth-order valence-electron chi connectivity index (χ4n) is 4.18. The highest BCUT2D eigenvalue weighted by molar-refractivity contribution is 5.93. The zero-order chi connectivity index (χ0) is 22.1. The van der Waals surface area contributed by atoms with E-state index in [1.807, 2.05) is 56.3 Å². The number of carbonyl (C=O) groups excluding carboxylic acids is 1. The molecular formula is C26H26N4O2. The monoisotopic (exact) mass is 426 g/mol. The maximum Gasteiger partial charge on any atom is 0.262 e. The number of aryl methyl sites for hydroxylation is 2. The second-order valence-corrected chi connectivity index (χ2v) is 8.19. The van der Waals surface area contributed by atoms with Gasteiger partial charge in [0.25, 0.3) is 5.91 Å². The molecule has 0 aliphatic carbocycles. The number of amides is 1. The molecule has 6 heteroatoms. The molecule has 0 atom stereocenters. The van der Waals surface area contributed by atoms with E-state index >= 15 is 0 Å². The summed E-state index contributed by atoms with van der Waals surface area (Å²) >= 11 is 0. The van der Waals surface area contributed by atoms with Crippen molar-refractivity contribution in [2.24, 2.45) is 0 Å². The number of para-hydroxylation sites is 3. The molecule has 1 aromatic heterocycles. The van der Waals surface area contributed by atoms with Crippen molar-refractivity contribution in [3.8, 4) is 5.75 Å². The summed E-state index contributed by atoms with van der Waals surface area (Å²) in [5.41, 5.74) is 6.13. The van der Waals surface area contributed by atoms with Gasteiger partial charge in [0.05, 0.1) is 17.6 Å². The first-order valence-corrected chi connectivity index (χ1v) is 10.9. The summed E-state index contributed by atoms with van der Waals surface area (Å²) in [5, 5.41) is 3.01. The third kappa shape index (κ3) is 3.91. The number of nitrogens with one attached hydrogen (secondary N) is 1. The number of ether oxygens (including phenoxy) is 1. The highest BCUT2D eigenvalue weighted by Gasteiger charge is 2.21. The van der Waals surface area contributed by atoms with Crippen LogP contribution in [0.4, 0.5) is 11.4 Å². The molecule has 6 nitrogen and oxygen atoms in total. The van der Waals surface area contributed by atoms with Crippen molar-refractivity contribution in [2.45, 2.75) is 26.9 Å². The zero-order valence-electron chi connectivity index (χ0n) is 18.3. The smallest absolute Gasteiger partial charge is 0.262 e. The Morgan fingerprint density at radius 1 is 1.00 bits per heavy atom. The second kappa shape index (κ2) is 8.38. The molecule has 1 N–H and O–H groups in total. The van der Waals surface area contributed by atoms with Gasteiger partial charge in [-0.05, 0) is 55.3 Å². The molecule has 0 radical (unpaired) electrons. The minimum atomic E-state index is -0.172. The molecule has 1 aliphatic heterocycles. The molecule has 32 heavy (non-hydrogen) atoms. The summed E-state index contributed by atoms with van der Waals surface area (Å²) in [6, 6.07) is 22.2. The molecule has 1 amide bonds. The van der Waals surface area contributed by atoms with Crippen LogP contribution in [0.3, 0.4) is 0 Å². The zero-order valence-corrected chi connectivity index (χ0v) is 18.3. The molecule has 3 aromatic carbocycles. The Hall–Kier alpha value is -3.80. The Labute approximate surface area is 187 Å². The Morgan fingerprint density at radius 3 is 2.69 bits per heavy atom. The van der Waals surface area contributed by atoms with Crippen LogP contribution in [-0.2, 0) is 17.9 Å². The second-order valence-electron chi connectivity index (χ2n) is 8.19. The van der Waals surface area contributed by atoms with E-state index in [0.29, 0.717) is 0 Å². The maximum absolute atomic E-state index is 12.5. The van der Waals surface area contributed by atoms with Crippen molar-refractivity contribution in [1.29, 1.82) is 0 Å². The van der Waals surface area contributed by atoms with Crippen LogP contribution in [0.25, 0.3) is 11.0 Å². The predicted octanol–water partition coefficient (Wildman–Crippen LogP) is 4.69. The summed E-state index contributed by atoms with van der Waals surface area (Å²) < 4.78 is 7.99. The molecule has 0 saturated heterocycles. The highest BCUT2D eigenvalue weighted by Crippen LogP contribution is 2.28. The third-order valence-corrected chi connectivity index (χ3v) is 5.97. The van der Waals surface area contributed by atoms with Crippen molar-refractivity contribution < 1.29 is 9.53 Å². The van der Waals surface area contributed by atoms with Gasteiger partial charge >= 0.3 is 0 Å². The fraction of sp³-hybridized carbons (Fsp3) is 0.231. The SMILES string of the molecule is Cc1ccc(N2CCn3c(nc4ccccc43)C2)cc1NC(=O)COc1ccccc1C. The van der Waals surface area contributed by atoms with E-state index < -0.39 is 0 Å². The van der Waals surface area contributed by atoms with E-state index in [1.165, 1.54) is 5.52 Å². The van der Waals surface area contributed by atoms with Crippen LogP contribution in [-0.4, -0.2) is 28.6 Å². The lowest BCUT2D eigenvalue weighted by molar-refractivity contribution is -0.118. The molecule has 5 rings (SSSR count). The molecule has 0 spiro atoms. The molecule has 0 bridgehead atoms. The summed E-state index contributed by atoms with van der Waals surface area (Å²) in [7, 11) is 0. The molecule has 2 heterocycles. The number of nitrogens with zero attached hydrogens (tertiary/aromatic N) is 3. The summed E-state index contributed by atoms with van der Waals surface area (Å²) in [6.45, 7) is 6.45. The Bertz CT molecular complexity index is 1290. The van der Waals surface area contributed by atoms with E-state index in [1.54, 1.807) is 0 Å². The quantitative estimate of drug-likeness (QED) is 0.503. The lowest BCUT2D eigenvalue weighted by Crippen LogP contribution is -2.33. The lowest BCUT2D eigenvalue weighted by atomic mass is 10.1. The molecule has 1 aliphatic rings. The fourth-order valence-corrected chi connectivity index (χ4v) is 4.18. The van der Waals surface area contributed by atoms with Crippen molar-refractivity contribution in [3.63, 3.8) is 0 Å². The number of hydrogen-bond acceptors (Lipinski definition) is 4. The van der Waals surface area contributed by atoms with Crippen LogP contribution < -0.4 is 15.0 Å². The average Bonchev–Trinajstić information content (AvgIpc) is 3.18. The van der Waals surface area contributed by atoms with E-state index in [0.717, 1.165) is 59.2 Å². The number of rotatable bonds is 5. The molecular weight excluding hydrogens is 400 g/mol. The van der Waals surface area contributed by atoms with Crippen molar-refractivity contribution in [1.82, 2.24) is 9.55 Å². The number of anilines is 2. The van der Waals surface area contributed by atoms with Crippen LogP contribution in [0, 0.1) is 13.8 Å². The van der Waals surface area contributed by atoms with Crippen LogP contribution in [0.2, 0.25) is 0 Å². The first kappa shape index (κ1) is 20.1. The highest BCUT2D eigenvalue weighted by atomic mass is 16.5. The number of benzene rings is 3. The Balaban J connectivity index is 1.29. The molecule has 0 saturated carbocycles. The third-order valence-electron chi connectivity index (χ3n) is 5.97. The van der Waals surface area contributed by atoms with Crippen LogP contribution >= 0.6 is 0 Å². The van der Waals surface area contributed by atoms with Gasteiger partial charge < -0.3 is 19.5 Å².